The Bertz CT molecular complexity index is 1200. The van der Waals surface area contributed by atoms with Crippen LogP contribution in [0.5, 0.6) is 0 Å². The second kappa shape index (κ2) is 8.61. The molecule has 5 nitrogen and oxygen atoms in total. The van der Waals surface area contributed by atoms with Crippen LogP contribution < -0.4 is 5.32 Å². The molecule has 0 radical (unpaired) electrons. The molecule has 1 amide bonds. The quantitative estimate of drug-likeness (QED) is 0.398. The Balaban J connectivity index is 1.78. The van der Waals surface area contributed by atoms with Crippen molar-refractivity contribution in [1.29, 1.82) is 0 Å². The molecular weight excluding hydrogens is 416 g/mol. The third kappa shape index (κ3) is 4.03. The first-order chi connectivity index (χ1) is 14.6. The number of para-hydroxylation sites is 1. The summed E-state index contributed by atoms with van der Waals surface area (Å²) in [6.45, 7) is 1.93. The highest BCUT2D eigenvalue weighted by Crippen LogP contribution is 2.38. The van der Waals surface area contributed by atoms with Crippen molar-refractivity contribution >= 4 is 40.2 Å². The highest BCUT2D eigenvalue weighted by molar-refractivity contribution is 7.18. The fourth-order valence-corrected chi connectivity index (χ4v) is 5.05. The Hall–Kier alpha value is -3.29. The first-order valence-electron chi connectivity index (χ1n) is 9.18. The molecule has 0 spiro atoms. The molecule has 0 saturated carbocycles. The number of nitrogens with one attached hydrogen (secondary N) is 1. The molecule has 1 N–H and O–H groups in total. The summed E-state index contributed by atoms with van der Waals surface area (Å²) >= 11 is 2.67. The van der Waals surface area contributed by atoms with Gasteiger partial charge in [0.05, 0.1) is 12.8 Å². The zero-order valence-corrected chi connectivity index (χ0v) is 18.0. The van der Waals surface area contributed by atoms with Crippen molar-refractivity contribution in [3.05, 3.63) is 81.4 Å². The Kier molecular flexibility index (Phi) is 5.74. The van der Waals surface area contributed by atoms with Gasteiger partial charge in [-0.2, -0.15) is 0 Å². The van der Waals surface area contributed by atoms with E-state index in [1.165, 1.54) is 29.8 Å². The number of carbonyl (C=O) groups excluding carboxylic acids is 2. The van der Waals surface area contributed by atoms with Crippen molar-refractivity contribution < 1.29 is 14.3 Å². The lowest BCUT2D eigenvalue weighted by atomic mass is 10.1. The predicted molar refractivity (Wildman–Crippen MR) is 121 cm³/mol. The fraction of sp³-hybridized carbons (Fsp3) is 0.0870. The van der Waals surface area contributed by atoms with Crippen molar-refractivity contribution in [3.63, 3.8) is 0 Å². The van der Waals surface area contributed by atoms with Crippen LogP contribution in [0.15, 0.2) is 66.7 Å². The minimum atomic E-state index is -0.378. The number of rotatable bonds is 5. The molecule has 2 aromatic carbocycles. The van der Waals surface area contributed by atoms with Gasteiger partial charge in [-0.15, -0.1) is 22.7 Å². The largest absolute Gasteiger partial charge is 0.465 e. The number of ether oxygens (including phenoxy) is 1. The summed E-state index contributed by atoms with van der Waals surface area (Å²) in [5.41, 5.74) is 3.03. The molecule has 0 atom stereocenters. The summed E-state index contributed by atoms with van der Waals surface area (Å²) < 4.78 is 4.83. The van der Waals surface area contributed by atoms with Crippen LogP contribution in [-0.4, -0.2) is 24.0 Å². The van der Waals surface area contributed by atoms with Gasteiger partial charge in [-0.05, 0) is 25.1 Å². The molecule has 150 valence electrons. The smallest absolute Gasteiger partial charge is 0.348 e. The van der Waals surface area contributed by atoms with E-state index in [4.69, 9.17) is 9.72 Å². The molecule has 4 aromatic rings. The van der Waals surface area contributed by atoms with Crippen molar-refractivity contribution in [2.45, 2.75) is 6.92 Å². The van der Waals surface area contributed by atoms with Crippen LogP contribution in [0.3, 0.4) is 0 Å². The second-order valence-corrected chi connectivity index (χ2v) is 8.71. The van der Waals surface area contributed by atoms with Gasteiger partial charge < -0.3 is 10.1 Å². The standard InChI is InChI=1S/C23H18N2O3S2/c1-14-17(13-18(29-14)23(27)28-2)22-25-19(15-9-5-3-6-10-15)20(30-22)21(26)24-16-11-7-4-8-12-16/h3-13H,1-2H3,(H,24,26). The number of methoxy groups -OCH3 is 1. The van der Waals surface area contributed by atoms with Crippen LogP contribution >= 0.6 is 22.7 Å². The lowest BCUT2D eigenvalue weighted by Gasteiger charge is -2.05. The number of hydrogen-bond donors (Lipinski definition) is 1. The number of hydrogen-bond acceptors (Lipinski definition) is 6. The highest BCUT2D eigenvalue weighted by atomic mass is 32.1. The third-order valence-electron chi connectivity index (χ3n) is 4.45. The molecule has 0 unspecified atom stereocenters. The second-order valence-electron chi connectivity index (χ2n) is 6.46. The summed E-state index contributed by atoms with van der Waals surface area (Å²) in [5.74, 6) is -0.596. The number of thiazole rings is 1. The molecule has 4 rings (SSSR count). The van der Waals surface area contributed by atoms with Crippen LogP contribution in [0.1, 0.15) is 24.2 Å². The van der Waals surface area contributed by atoms with Gasteiger partial charge in [0, 0.05) is 21.7 Å². The molecule has 30 heavy (non-hydrogen) atoms. The molecule has 2 aromatic heterocycles. The van der Waals surface area contributed by atoms with E-state index in [9.17, 15) is 9.59 Å². The normalized spacial score (nSPS) is 10.6. The van der Waals surface area contributed by atoms with Crippen molar-refractivity contribution in [2.24, 2.45) is 0 Å². The SMILES string of the molecule is COC(=O)c1cc(-c2nc(-c3ccccc3)c(C(=O)Nc3ccccc3)s2)c(C)s1. The van der Waals surface area contributed by atoms with Crippen LogP contribution in [0.4, 0.5) is 5.69 Å². The maximum absolute atomic E-state index is 13.1. The number of anilines is 1. The van der Waals surface area contributed by atoms with Gasteiger partial charge in [0.15, 0.2) is 0 Å². The summed E-state index contributed by atoms with van der Waals surface area (Å²) in [6, 6.07) is 20.7. The van der Waals surface area contributed by atoms with Gasteiger partial charge >= 0.3 is 5.97 Å². The number of nitrogens with zero attached hydrogens (tertiary/aromatic N) is 1. The van der Waals surface area contributed by atoms with Gasteiger partial charge in [0.25, 0.3) is 5.91 Å². The number of carbonyl (C=O) groups is 2. The van der Waals surface area contributed by atoms with E-state index in [0.717, 1.165) is 21.7 Å². The van der Waals surface area contributed by atoms with Crippen molar-refractivity contribution in [3.8, 4) is 21.8 Å². The maximum atomic E-state index is 13.1. The zero-order valence-electron chi connectivity index (χ0n) is 16.3. The molecule has 7 heteroatoms. The van der Waals surface area contributed by atoms with E-state index < -0.39 is 0 Å². The van der Waals surface area contributed by atoms with E-state index in [1.54, 1.807) is 6.07 Å². The van der Waals surface area contributed by atoms with Gasteiger partial charge in [0.2, 0.25) is 0 Å². The Morgan fingerprint density at radius 1 is 0.967 bits per heavy atom. The van der Waals surface area contributed by atoms with Gasteiger partial charge in [0.1, 0.15) is 14.8 Å². The number of aromatic nitrogens is 1. The van der Waals surface area contributed by atoms with Gasteiger partial charge in [-0.25, -0.2) is 9.78 Å². The van der Waals surface area contributed by atoms with Crippen molar-refractivity contribution in [2.75, 3.05) is 12.4 Å². The number of benzene rings is 2. The molecule has 0 bridgehead atoms. The van der Waals surface area contributed by atoms with Crippen LogP contribution in [0.25, 0.3) is 21.8 Å². The molecule has 0 aliphatic rings. The summed E-state index contributed by atoms with van der Waals surface area (Å²) in [5, 5.41) is 3.63. The fourth-order valence-electron chi connectivity index (χ4n) is 2.99. The maximum Gasteiger partial charge on any atom is 0.348 e. The number of thiophene rings is 1. The predicted octanol–water partition coefficient (Wildman–Crippen LogP) is 5.89. The molecule has 0 aliphatic carbocycles. The summed E-state index contributed by atoms with van der Waals surface area (Å²) in [6.07, 6.45) is 0. The summed E-state index contributed by atoms with van der Waals surface area (Å²) in [7, 11) is 1.36. The lowest BCUT2D eigenvalue weighted by molar-refractivity contribution is 0.0606. The Morgan fingerprint density at radius 3 is 2.30 bits per heavy atom. The number of aryl methyl sites for hydroxylation is 1. The topological polar surface area (TPSA) is 68.3 Å². The van der Waals surface area contributed by atoms with Crippen LogP contribution in [0.2, 0.25) is 0 Å². The average molecular weight is 435 g/mol. The first kappa shape index (κ1) is 20.0. The molecule has 0 fully saturated rings. The van der Waals surface area contributed by atoms with Gasteiger partial charge in [-0.3, -0.25) is 4.79 Å². The Morgan fingerprint density at radius 2 is 1.63 bits per heavy atom. The minimum absolute atomic E-state index is 0.218. The number of esters is 1. The van der Waals surface area contributed by atoms with Crippen molar-refractivity contribution in [1.82, 2.24) is 4.98 Å². The summed E-state index contributed by atoms with van der Waals surface area (Å²) in [4.78, 5) is 31.8. The van der Waals surface area contributed by atoms with E-state index in [1.807, 2.05) is 67.6 Å². The van der Waals surface area contributed by atoms with Gasteiger partial charge in [-0.1, -0.05) is 48.5 Å². The monoisotopic (exact) mass is 434 g/mol. The average Bonchev–Trinajstić information content (AvgIpc) is 3.38. The molecule has 2 heterocycles. The number of amides is 1. The van der Waals surface area contributed by atoms with Crippen LogP contribution in [-0.2, 0) is 4.74 Å². The Labute approximate surface area is 182 Å². The lowest BCUT2D eigenvalue weighted by Crippen LogP contribution is -2.11. The first-order valence-corrected chi connectivity index (χ1v) is 10.8. The third-order valence-corrected chi connectivity index (χ3v) is 6.56. The molecular formula is C23H18N2O3S2. The van der Waals surface area contributed by atoms with E-state index in [0.29, 0.717) is 20.5 Å². The van der Waals surface area contributed by atoms with E-state index >= 15 is 0 Å². The zero-order chi connectivity index (χ0) is 21.1. The molecule has 0 saturated heterocycles. The highest BCUT2D eigenvalue weighted by Gasteiger charge is 2.23. The van der Waals surface area contributed by atoms with E-state index in [2.05, 4.69) is 5.32 Å². The van der Waals surface area contributed by atoms with Crippen LogP contribution in [0, 0.1) is 6.92 Å². The molecule has 0 aliphatic heterocycles. The minimum Gasteiger partial charge on any atom is -0.465 e. The van der Waals surface area contributed by atoms with E-state index in [-0.39, 0.29) is 11.9 Å².